The molecule has 3 heteroatoms. The Morgan fingerprint density at radius 1 is 1.05 bits per heavy atom. The lowest BCUT2D eigenvalue weighted by molar-refractivity contribution is 0.101. The van der Waals surface area contributed by atoms with Crippen LogP contribution in [-0.4, -0.2) is 5.78 Å². The Hall–Kier alpha value is -2.68. The van der Waals surface area contributed by atoms with Gasteiger partial charge in [0, 0.05) is 5.56 Å². The van der Waals surface area contributed by atoms with Crippen molar-refractivity contribution in [3.05, 3.63) is 69.4 Å². The molecule has 3 rings (SSSR count). The van der Waals surface area contributed by atoms with Crippen molar-refractivity contribution >= 4 is 16.8 Å². The van der Waals surface area contributed by atoms with Crippen molar-refractivity contribution in [2.75, 3.05) is 0 Å². The number of hydrogen-bond donors (Lipinski definition) is 0. The fourth-order valence-corrected chi connectivity index (χ4v) is 2.80. The third kappa shape index (κ3) is 2.25. The fourth-order valence-electron chi connectivity index (χ4n) is 2.80. The summed E-state index contributed by atoms with van der Waals surface area (Å²) in [6, 6.07) is 13.0. The predicted octanol–water partition coefficient (Wildman–Crippen LogP) is 4.28. The number of benzene rings is 2. The summed E-state index contributed by atoms with van der Waals surface area (Å²) in [6.45, 7) is 5.21. The molecule has 0 saturated heterocycles. The summed E-state index contributed by atoms with van der Waals surface area (Å²) < 4.78 is 5.96. The van der Waals surface area contributed by atoms with Crippen molar-refractivity contribution in [1.29, 1.82) is 0 Å². The van der Waals surface area contributed by atoms with E-state index in [9.17, 15) is 9.59 Å². The van der Waals surface area contributed by atoms with E-state index in [0.717, 1.165) is 16.7 Å². The molecule has 3 nitrogen and oxygen atoms in total. The quantitative estimate of drug-likeness (QED) is 0.662. The van der Waals surface area contributed by atoms with Crippen molar-refractivity contribution in [2.45, 2.75) is 20.8 Å². The molecule has 0 fully saturated rings. The SMILES string of the molecule is CC(=O)c1c(-c2ccccc2)oc2cc(C)cc(C)c2c1=O. The summed E-state index contributed by atoms with van der Waals surface area (Å²) in [6.07, 6.45) is 0. The first-order valence-electron chi connectivity index (χ1n) is 7.13. The summed E-state index contributed by atoms with van der Waals surface area (Å²) in [4.78, 5) is 24.8. The van der Waals surface area contributed by atoms with Gasteiger partial charge in [0.15, 0.2) is 5.78 Å². The van der Waals surface area contributed by atoms with Gasteiger partial charge in [-0.3, -0.25) is 9.59 Å². The molecule has 0 unspecified atom stereocenters. The van der Waals surface area contributed by atoms with Crippen molar-refractivity contribution in [3.63, 3.8) is 0 Å². The molecule has 0 amide bonds. The zero-order valence-electron chi connectivity index (χ0n) is 12.8. The molecule has 0 aliphatic heterocycles. The lowest BCUT2D eigenvalue weighted by Gasteiger charge is -2.10. The second kappa shape index (κ2) is 5.26. The van der Waals surface area contributed by atoms with Gasteiger partial charge in [-0.2, -0.15) is 0 Å². The van der Waals surface area contributed by atoms with E-state index in [2.05, 4.69) is 0 Å². The molecular formula is C19H16O3. The smallest absolute Gasteiger partial charge is 0.204 e. The Morgan fingerprint density at radius 2 is 1.73 bits per heavy atom. The van der Waals surface area contributed by atoms with Crippen LogP contribution in [-0.2, 0) is 0 Å². The molecule has 110 valence electrons. The highest BCUT2D eigenvalue weighted by Crippen LogP contribution is 2.28. The number of aryl methyl sites for hydroxylation is 2. The van der Waals surface area contributed by atoms with Crippen LogP contribution in [0.5, 0.6) is 0 Å². The highest BCUT2D eigenvalue weighted by atomic mass is 16.3. The summed E-state index contributed by atoms with van der Waals surface area (Å²) >= 11 is 0. The lowest BCUT2D eigenvalue weighted by atomic mass is 9.99. The van der Waals surface area contributed by atoms with Crippen LogP contribution in [0, 0.1) is 13.8 Å². The van der Waals surface area contributed by atoms with Crippen LogP contribution < -0.4 is 5.43 Å². The Labute approximate surface area is 128 Å². The minimum Gasteiger partial charge on any atom is -0.455 e. The van der Waals surface area contributed by atoms with Gasteiger partial charge in [-0.05, 0) is 38.0 Å². The molecule has 0 N–H and O–H groups in total. The molecule has 3 aromatic rings. The minimum atomic E-state index is -0.283. The van der Waals surface area contributed by atoms with Crippen LogP contribution in [0.25, 0.3) is 22.3 Å². The van der Waals surface area contributed by atoms with E-state index in [-0.39, 0.29) is 16.8 Å². The molecule has 0 bridgehead atoms. The number of hydrogen-bond acceptors (Lipinski definition) is 3. The second-order valence-electron chi connectivity index (χ2n) is 5.51. The first-order chi connectivity index (χ1) is 10.5. The van der Waals surface area contributed by atoms with Crippen LogP contribution in [0.1, 0.15) is 28.4 Å². The molecule has 0 atom stereocenters. The topological polar surface area (TPSA) is 47.3 Å². The number of rotatable bonds is 2. The van der Waals surface area contributed by atoms with Gasteiger partial charge >= 0.3 is 0 Å². The maximum Gasteiger partial charge on any atom is 0.204 e. The molecule has 2 aromatic carbocycles. The van der Waals surface area contributed by atoms with Crippen LogP contribution in [0.3, 0.4) is 0 Å². The van der Waals surface area contributed by atoms with Crippen molar-refractivity contribution in [2.24, 2.45) is 0 Å². The first kappa shape index (κ1) is 14.3. The molecule has 0 spiro atoms. The van der Waals surface area contributed by atoms with Crippen molar-refractivity contribution in [3.8, 4) is 11.3 Å². The summed E-state index contributed by atoms with van der Waals surface area (Å²) in [5.41, 5.74) is 2.95. The van der Waals surface area contributed by atoms with Crippen LogP contribution in [0.2, 0.25) is 0 Å². The first-order valence-corrected chi connectivity index (χ1v) is 7.13. The van der Waals surface area contributed by atoms with Gasteiger partial charge in [-0.1, -0.05) is 36.4 Å². The molecule has 0 aliphatic carbocycles. The Kier molecular flexibility index (Phi) is 3.41. The van der Waals surface area contributed by atoms with Gasteiger partial charge < -0.3 is 4.42 Å². The zero-order chi connectivity index (χ0) is 15.9. The normalized spacial score (nSPS) is 10.9. The molecule has 1 heterocycles. The molecular weight excluding hydrogens is 276 g/mol. The van der Waals surface area contributed by atoms with Gasteiger partial charge in [-0.25, -0.2) is 0 Å². The summed E-state index contributed by atoms with van der Waals surface area (Å²) in [7, 11) is 0. The largest absolute Gasteiger partial charge is 0.455 e. The zero-order valence-corrected chi connectivity index (χ0v) is 12.8. The highest BCUT2D eigenvalue weighted by Gasteiger charge is 2.20. The minimum absolute atomic E-state index is 0.116. The van der Waals surface area contributed by atoms with Crippen LogP contribution >= 0.6 is 0 Å². The van der Waals surface area contributed by atoms with Crippen molar-refractivity contribution in [1.82, 2.24) is 0 Å². The van der Waals surface area contributed by atoms with Gasteiger partial charge in [0.05, 0.1) is 5.39 Å². The lowest BCUT2D eigenvalue weighted by Crippen LogP contribution is -2.16. The van der Waals surface area contributed by atoms with E-state index in [4.69, 9.17) is 4.42 Å². The highest BCUT2D eigenvalue weighted by molar-refractivity contribution is 6.02. The molecule has 0 saturated carbocycles. The number of carbonyl (C=O) groups is 1. The number of fused-ring (bicyclic) bond motifs is 1. The monoisotopic (exact) mass is 292 g/mol. The van der Waals surface area contributed by atoms with Gasteiger partial charge in [0.25, 0.3) is 0 Å². The van der Waals surface area contributed by atoms with E-state index in [0.29, 0.717) is 16.7 Å². The van der Waals surface area contributed by atoms with Crippen LogP contribution in [0.15, 0.2) is 51.7 Å². The number of carbonyl (C=O) groups excluding carboxylic acids is 1. The molecule has 1 aromatic heterocycles. The van der Waals surface area contributed by atoms with E-state index >= 15 is 0 Å². The average molecular weight is 292 g/mol. The van der Waals surface area contributed by atoms with E-state index in [1.165, 1.54) is 6.92 Å². The van der Waals surface area contributed by atoms with Gasteiger partial charge in [0.2, 0.25) is 5.43 Å². The summed E-state index contributed by atoms with van der Waals surface area (Å²) in [5, 5.41) is 0.482. The Bertz CT molecular complexity index is 934. The summed E-state index contributed by atoms with van der Waals surface area (Å²) in [5.74, 6) is 0.0603. The molecule has 0 radical (unpaired) electrons. The van der Waals surface area contributed by atoms with E-state index in [1.807, 2.05) is 56.3 Å². The average Bonchev–Trinajstić information content (AvgIpc) is 2.46. The number of Topliss-reactive ketones (excluding diaryl/α,β-unsaturated/α-hetero) is 1. The predicted molar refractivity (Wildman–Crippen MR) is 87.4 cm³/mol. The molecule has 0 aliphatic rings. The van der Waals surface area contributed by atoms with Crippen molar-refractivity contribution < 1.29 is 9.21 Å². The third-order valence-corrected chi connectivity index (χ3v) is 3.72. The Balaban J connectivity index is 2.49. The fraction of sp³-hybridized carbons (Fsp3) is 0.158. The van der Waals surface area contributed by atoms with Gasteiger partial charge in [-0.15, -0.1) is 0 Å². The second-order valence-corrected chi connectivity index (χ2v) is 5.51. The standard InChI is InChI=1S/C19H16O3/c1-11-9-12(2)16-15(10-11)22-19(14-7-5-4-6-8-14)17(13(3)20)18(16)21/h4-10H,1-3H3. The Morgan fingerprint density at radius 3 is 2.36 bits per heavy atom. The molecule has 22 heavy (non-hydrogen) atoms. The van der Waals surface area contributed by atoms with E-state index < -0.39 is 0 Å². The maximum atomic E-state index is 12.8. The number of ketones is 1. The maximum absolute atomic E-state index is 12.8. The third-order valence-electron chi connectivity index (χ3n) is 3.72. The van der Waals surface area contributed by atoms with Crippen LogP contribution in [0.4, 0.5) is 0 Å². The van der Waals surface area contributed by atoms with Gasteiger partial charge in [0.1, 0.15) is 16.9 Å². The van der Waals surface area contributed by atoms with E-state index in [1.54, 1.807) is 0 Å².